The van der Waals surface area contributed by atoms with E-state index in [-0.39, 0.29) is 0 Å². The Hall–Kier alpha value is -0.110. The molecule has 0 saturated carbocycles. The highest BCUT2D eigenvalue weighted by molar-refractivity contribution is 9.38. The number of hydrogen-bond donors (Lipinski definition) is 0. The van der Waals surface area contributed by atoms with E-state index in [1.54, 1.807) is 0 Å². The van der Waals surface area contributed by atoms with E-state index in [0.29, 0.717) is 6.61 Å². The first-order valence-electron chi connectivity index (χ1n) is 4.06. The summed E-state index contributed by atoms with van der Waals surface area (Å²) in [5.41, 5.74) is 1.22. The van der Waals surface area contributed by atoms with Crippen molar-refractivity contribution < 1.29 is 9.05 Å². The van der Waals surface area contributed by atoms with E-state index in [9.17, 15) is 0 Å². The van der Waals surface area contributed by atoms with Gasteiger partial charge in [0.2, 0.25) is 0 Å². The molecular formula is C9H12BrO2P. The smallest absolute Gasteiger partial charge is 0.306 e. The number of aryl methyl sites for hydroxylation is 1. The van der Waals surface area contributed by atoms with Crippen molar-refractivity contribution in [2.24, 2.45) is 0 Å². The van der Waals surface area contributed by atoms with E-state index < -0.39 is 7.08 Å². The number of rotatable bonds is 4. The highest BCUT2D eigenvalue weighted by atomic mass is 79.9. The predicted molar refractivity (Wildman–Crippen MR) is 59.3 cm³/mol. The molecule has 1 aromatic rings. The molecule has 0 heterocycles. The van der Waals surface area contributed by atoms with Crippen LogP contribution < -0.4 is 4.52 Å². The highest BCUT2D eigenvalue weighted by Gasteiger charge is 2.05. The van der Waals surface area contributed by atoms with Crippen molar-refractivity contribution in [3.63, 3.8) is 0 Å². The quantitative estimate of drug-likeness (QED) is 0.763. The Morgan fingerprint density at radius 3 is 2.46 bits per heavy atom. The van der Waals surface area contributed by atoms with Crippen molar-refractivity contribution in [2.45, 2.75) is 13.8 Å². The van der Waals surface area contributed by atoms with Gasteiger partial charge in [-0.3, -0.25) is 0 Å². The van der Waals surface area contributed by atoms with Crippen molar-refractivity contribution in [3.05, 3.63) is 29.8 Å². The van der Waals surface area contributed by atoms with Crippen LogP contribution in [0.1, 0.15) is 12.5 Å². The minimum Gasteiger partial charge on any atom is -0.439 e. The van der Waals surface area contributed by atoms with Gasteiger partial charge in [-0.1, -0.05) is 17.7 Å². The van der Waals surface area contributed by atoms with Gasteiger partial charge in [0.25, 0.3) is 0 Å². The zero-order valence-corrected chi connectivity index (χ0v) is 10.1. The zero-order valence-electron chi connectivity index (χ0n) is 7.66. The lowest BCUT2D eigenvalue weighted by Crippen LogP contribution is -1.87. The fourth-order valence-corrected chi connectivity index (χ4v) is 2.47. The minimum atomic E-state index is -0.954. The van der Waals surface area contributed by atoms with Crippen LogP contribution in [0.5, 0.6) is 5.75 Å². The van der Waals surface area contributed by atoms with Crippen molar-refractivity contribution in [3.8, 4) is 5.75 Å². The molecule has 1 rings (SSSR count). The Morgan fingerprint density at radius 2 is 1.92 bits per heavy atom. The van der Waals surface area contributed by atoms with Gasteiger partial charge in [-0.05, 0) is 26.0 Å². The number of hydrogen-bond acceptors (Lipinski definition) is 2. The molecule has 1 aromatic carbocycles. The minimum absolute atomic E-state index is 0.656. The van der Waals surface area contributed by atoms with Crippen molar-refractivity contribution in [1.82, 2.24) is 0 Å². The lowest BCUT2D eigenvalue weighted by Gasteiger charge is -2.10. The van der Waals surface area contributed by atoms with Crippen LogP contribution in [-0.4, -0.2) is 6.61 Å². The zero-order chi connectivity index (χ0) is 9.68. The van der Waals surface area contributed by atoms with E-state index in [1.807, 2.05) is 38.1 Å². The fourth-order valence-electron chi connectivity index (χ4n) is 0.810. The molecule has 0 bridgehead atoms. The second kappa shape index (κ2) is 5.58. The van der Waals surface area contributed by atoms with Crippen LogP contribution in [0.15, 0.2) is 24.3 Å². The molecule has 0 fully saturated rings. The summed E-state index contributed by atoms with van der Waals surface area (Å²) in [5.74, 6) is 0.835. The second-order valence-electron chi connectivity index (χ2n) is 2.53. The van der Waals surface area contributed by atoms with Gasteiger partial charge >= 0.3 is 7.08 Å². The highest BCUT2D eigenvalue weighted by Crippen LogP contribution is 2.46. The maximum Gasteiger partial charge on any atom is 0.306 e. The molecule has 1 unspecified atom stereocenters. The first kappa shape index (κ1) is 11.0. The largest absolute Gasteiger partial charge is 0.439 e. The van der Waals surface area contributed by atoms with Gasteiger partial charge in [-0.2, -0.15) is 0 Å². The fraction of sp³-hybridized carbons (Fsp3) is 0.333. The third-order valence-electron chi connectivity index (χ3n) is 1.43. The van der Waals surface area contributed by atoms with Crippen LogP contribution in [0.3, 0.4) is 0 Å². The van der Waals surface area contributed by atoms with E-state index in [0.717, 1.165) is 5.75 Å². The van der Waals surface area contributed by atoms with E-state index in [2.05, 4.69) is 15.5 Å². The number of benzene rings is 1. The predicted octanol–water partition coefficient (Wildman–Crippen LogP) is 4.03. The number of halogens is 1. The molecule has 0 aliphatic heterocycles. The summed E-state index contributed by atoms with van der Waals surface area (Å²) in [4.78, 5) is 0. The lowest BCUT2D eigenvalue weighted by atomic mass is 10.2. The molecule has 13 heavy (non-hydrogen) atoms. The van der Waals surface area contributed by atoms with Crippen LogP contribution in [0.25, 0.3) is 0 Å². The molecule has 2 nitrogen and oxygen atoms in total. The van der Waals surface area contributed by atoms with Gasteiger partial charge in [-0.25, -0.2) is 0 Å². The SMILES string of the molecule is CCOP(Br)Oc1ccc(C)cc1. The van der Waals surface area contributed by atoms with Crippen LogP contribution >= 0.6 is 22.6 Å². The van der Waals surface area contributed by atoms with Gasteiger partial charge in [0.1, 0.15) is 5.75 Å². The summed E-state index contributed by atoms with van der Waals surface area (Å²) >= 11 is 3.31. The van der Waals surface area contributed by atoms with E-state index in [1.165, 1.54) is 5.56 Å². The van der Waals surface area contributed by atoms with E-state index >= 15 is 0 Å². The Labute approximate surface area is 87.9 Å². The first-order chi connectivity index (χ1) is 6.22. The first-order valence-corrected chi connectivity index (χ1v) is 7.25. The Bertz CT molecular complexity index is 250. The molecule has 0 radical (unpaired) electrons. The molecule has 0 aromatic heterocycles. The third-order valence-corrected chi connectivity index (χ3v) is 3.29. The lowest BCUT2D eigenvalue weighted by molar-refractivity contribution is 0.347. The molecule has 0 saturated heterocycles. The maximum absolute atomic E-state index is 5.47. The molecular weight excluding hydrogens is 251 g/mol. The Kier molecular flexibility index (Phi) is 4.71. The van der Waals surface area contributed by atoms with Gasteiger partial charge in [0, 0.05) is 15.5 Å². The molecule has 4 heteroatoms. The van der Waals surface area contributed by atoms with Crippen LogP contribution in [0, 0.1) is 6.92 Å². The molecule has 1 atom stereocenters. The van der Waals surface area contributed by atoms with Crippen LogP contribution in [0.2, 0.25) is 0 Å². The molecule has 0 aliphatic rings. The van der Waals surface area contributed by atoms with Crippen molar-refractivity contribution >= 4 is 22.6 Å². The summed E-state index contributed by atoms with van der Waals surface area (Å²) in [5, 5.41) is 0. The van der Waals surface area contributed by atoms with Crippen molar-refractivity contribution in [1.29, 1.82) is 0 Å². The second-order valence-corrected chi connectivity index (χ2v) is 5.14. The Balaban J connectivity index is 2.49. The van der Waals surface area contributed by atoms with Crippen molar-refractivity contribution in [2.75, 3.05) is 6.61 Å². The van der Waals surface area contributed by atoms with Gasteiger partial charge in [0.15, 0.2) is 0 Å². The topological polar surface area (TPSA) is 18.5 Å². The van der Waals surface area contributed by atoms with Gasteiger partial charge < -0.3 is 9.05 Å². The normalized spacial score (nSPS) is 12.5. The molecule has 0 aliphatic carbocycles. The summed E-state index contributed by atoms with van der Waals surface area (Å²) in [6.45, 7) is 4.64. The van der Waals surface area contributed by atoms with Gasteiger partial charge in [-0.15, -0.1) is 0 Å². The maximum atomic E-state index is 5.47. The van der Waals surface area contributed by atoms with Gasteiger partial charge in [0.05, 0.1) is 6.61 Å². The Morgan fingerprint density at radius 1 is 1.31 bits per heavy atom. The summed E-state index contributed by atoms with van der Waals surface area (Å²) < 4.78 is 10.7. The monoisotopic (exact) mass is 262 g/mol. The average Bonchev–Trinajstić information content (AvgIpc) is 2.09. The van der Waals surface area contributed by atoms with Crippen LogP contribution in [0.4, 0.5) is 0 Å². The van der Waals surface area contributed by atoms with Crippen LogP contribution in [-0.2, 0) is 4.52 Å². The summed E-state index contributed by atoms with van der Waals surface area (Å²) in [7, 11) is -0.954. The molecule has 0 N–H and O–H groups in total. The standard InChI is InChI=1S/C9H12BrO2P/c1-3-11-13(10)12-9-6-4-8(2)5-7-9/h4-7H,3H2,1-2H3. The summed E-state index contributed by atoms with van der Waals surface area (Å²) in [6.07, 6.45) is 0. The molecule has 72 valence electrons. The third kappa shape index (κ3) is 4.08. The molecule has 0 spiro atoms. The average molecular weight is 263 g/mol. The molecule has 0 amide bonds. The van der Waals surface area contributed by atoms with E-state index in [4.69, 9.17) is 9.05 Å². The summed E-state index contributed by atoms with van der Waals surface area (Å²) in [6, 6.07) is 7.89.